The number of benzene rings is 1. The number of H-pyrrole nitrogens is 1. The molecule has 2 rings (SSSR count). The molecule has 0 bridgehead atoms. The van der Waals surface area contributed by atoms with Gasteiger partial charge in [-0.15, -0.1) is 10.2 Å². The Bertz CT molecular complexity index is 497. The van der Waals surface area contributed by atoms with Crippen molar-refractivity contribution < 1.29 is 9.53 Å². The molecule has 2 aromatic rings. The zero-order valence-electron chi connectivity index (χ0n) is 9.17. The molecule has 2 N–H and O–H groups in total. The van der Waals surface area contributed by atoms with E-state index in [1.54, 1.807) is 19.2 Å². The van der Waals surface area contributed by atoms with Crippen LogP contribution in [0.25, 0.3) is 0 Å². The van der Waals surface area contributed by atoms with E-state index in [4.69, 9.17) is 4.74 Å². The van der Waals surface area contributed by atoms with Crippen molar-refractivity contribution in [1.82, 2.24) is 20.6 Å². The van der Waals surface area contributed by atoms with Crippen LogP contribution in [0.3, 0.4) is 0 Å². The van der Waals surface area contributed by atoms with E-state index in [0.717, 1.165) is 0 Å². The Labute approximate surface area is 97.2 Å². The molecule has 0 atom stereocenters. The summed E-state index contributed by atoms with van der Waals surface area (Å²) in [5, 5.41) is 15.8. The van der Waals surface area contributed by atoms with Gasteiger partial charge in [-0.3, -0.25) is 4.79 Å². The number of hydrogen-bond acceptors (Lipinski definition) is 5. The molecule has 17 heavy (non-hydrogen) atoms. The predicted octanol–water partition coefficient (Wildman–Crippen LogP) is 0.389. The number of aromatic amines is 1. The SMILES string of the molecule is COc1ccccc1NC(=O)Cc1nn[nH]n1. The van der Waals surface area contributed by atoms with Crippen LogP contribution in [0.5, 0.6) is 5.75 Å². The highest BCUT2D eigenvalue weighted by molar-refractivity contribution is 5.93. The van der Waals surface area contributed by atoms with Gasteiger partial charge in [0.25, 0.3) is 0 Å². The molecule has 0 spiro atoms. The summed E-state index contributed by atoms with van der Waals surface area (Å²) in [5.74, 6) is 0.724. The van der Waals surface area contributed by atoms with Crippen molar-refractivity contribution in [2.45, 2.75) is 6.42 Å². The minimum Gasteiger partial charge on any atom is -0.495 e. The molecule has 1 amide bonds. The molecular weight excluding hydrogens is 222 g/mol. The Morgan fingerprint density at radius 2 is 2.29 bits per heavy atom. The number of rotatable bonds is 4. The molecule has 88 valence electrons. The van der Waals surface area contributed by atoms with Crippen molar-refractivity contribution in [2.24, 2.45) is 0 Å². The molecule has 0 aliphatic rings. The summed E-state index contributed by atoms with van der Waals surface area (Å²) in [4.78, 5) is 11.7. The first-order chi connectivity index (χ1) is 8.29. The molecule has 7 nitrogen and oxygen atoms in total. The molecule has 1 heterocycles. The normalized spacial score (nSPS) is 9.94. The van der Waals surface area contributed by atoms with Crippen molar-refractivity contribution in [2.75, 3.05) is 12.4 Å². The third-order valence-corrected chi connectivity index (χ3v) is 2.09. The summed E-state index contributed by atoms with van der Waals surface area (Å²) in [7, 11) is 1.55. The lowest BCUT2D eigenvalue weighted by molar-refractivity contribution is -0.115. The summed E-state index contributed by atoms with van der Waals surface area (Å²) >= 11 is 0. The Morgan fingerprint density at radius 1 is 1.47 bits per heavy atom. The lowest BCUT2D eigenvalue weighted by atomic mass is 10.2. The van der Waals surface area contributed by atoms with Crippen molar-refractivity contribution in [3.63, 3.8) is 0 Å². The monoisotopic (exact) mass is 233 g/mol. The van der Waals surface area contributed by atoms with Gasteiger partial charge in [-0.25, -0.2) is 0 Å². The van der Waals surface area contributed by atoms with Gasteiger partial charge in [0.2, 0.25) is 5.91 Å². The highest BCUT2D eigenvalue weighted by atomic mass is 16.5. The number of carbonyl (C=O) groups excluding carboxylic acids is 1. The maximum atomic E-state index is 11.7. The van der Waals surface area contributed by atoms with Crippen LogP contribution in [0.4, 0.5) is 5.69 Å². The van der Waals surface area contributed by atoms with Gasteiger partial charge in [0.15, 0.2) is 5.82 Å². The molecule has 0 saturated heterocycles. The van der Waals surface area contributed by atoms with Crippen LogP contribution >= 0.6 is 0 Å². The molecule has 0 aliphatic heterocycles. The van der Waals surface area contributed by atoms with E-state index in [9.17, 15) is 4.79 Å². The zero-order valence-corrected chi connectivity index (χ0v) is 9.17. The third-order valence-electron chi connectivity index (χ3n) is 2.09. The first kappa shape index (κ1) is 11.1. The second kappa shape index (κ2) is 5.06. The van der Waals surface area contributed by atoms with E-state index in [1.165, 1.54) is 0 Å². The van der Waals surface area contributed by atoms with Crippen LogP contribution in [0.2, 0.25) is 0 Å². The van der Waals surface area contributed by atoms with Crippen LogP contribution in [-0.2, 0) is 11.2 Å². The lowest BCUT2D eigenvalue weighted by Crippen LogP contribution is -2.15. The van der Waals surface area contributed by atoms with Crippen molar-refractivity contribution in [3.05, 3.63) is 30.1 Å². The summed E-state index contributed by atoms with van der Waals surface area (Å²) in [6, 6.07) is 7.16. The minimum atomic E-state index is -0.226. The smallest absolute Gasteiger partial charge is 0.232 e. The van der Waals surface area contributed by atoms with Crippen molar-refractivity contribution in [3.8, 4) is 5.75 Å². The number of nitrogens with zero attached hydrogens (tertiary/aromatic N) is 3. The van der Waals surface area contributed by atoms with Gasteiger partial charge in [-0.1, -0.05) is 17.3 Å². The summed E-state index contributed by atoms with van der Waals surface area (Å²) in [6.45, 7) is 0. The summed E-state index contributed by atoms with van der Waals surface area (Å²) in [6.07, 6.45) is 0.0640. The number of aromatic nitrogens is 4. The Morgan fingerprint density at radius 3 is 3.00 bits per heavy atom. The topological polar surface area (TPSA) is 92.8 Å². The molecule has 0 radical (unpaired) electrons. The van der Waals surface area contributed by atoms with Gasteiger partial charge in [0.05, 0.1) is 19.2 Å². The lowest BCUT2D eigenvalue weighted by Gasteiger charge is -2.08. The molecule has 0 fully saturated rings. The molecule has 0 saturated carbocycles. The van der Waals surface area contributed by atoms with E-state index in [0.29, 0.717) is 17.3 Å². The number of amides is 1. The molecule has 0 unspecified atom stereocenters. The van der Waals surface area contributed by atoms with E-state index in [1.807, 2.05) is 12.1 Å². The minimum absolute atomic E-state index is 0.0640. The number of para-hydroxylation sites is 2. The molecular formula is C10H11N5O2. The zero-order chi connectivity index (χ0) is 12.1. The second-order valence-electron chi connectivity index (χ2n) is 3.25. The Balaban J connectivity index is 2.03. The largest absolute Gasteiger partial charge is 0.495 e. The van der Waals surface area contributed by atoms with E-state index < -0.39 is 0 Å². The Kier molecular flexibility index (Phi) is 3.29. The van der Waals surface area contributed by atoms with E-state index in [2.05, 4.69) is 25.9 Å². The summed E-state index contributed by atoms with van der Waals surface area (Å²) in [5.41, 5.74) is 0.614. The average molecular weight is 233 g/mol. The van der Waals surface area contributed by atoms with Crippen molar-refractivity contribution >= 4 is 11.6 Å². The fraction of sp³-hybridized carbons (Fsp3) is 0.200. The number of carbonyl (C=O) groups is 1. The second-order valence-corrected chi connectivity index (χ2v) is 3.25. The van der Waals surface area contributed by atoms with Crippen LogP contribution < -0.4 is 10.1 Å². The standard InChI is InChI=1S/C10H11N5O2/c1-17-8-5-3-2-4-7(8)11-10(16)6-9-12-14-15-13-9/h2-5H,6H2,1H3,(H,11,16)(H,12,13,14,15). The molecule has 0 aliphatic carbocycles. The van der Waals surface area contributed by atoms with Gasteiger partial charge in [-0.05, 0) is 12.1 Å². The van der Waals surface area contributed by atoms with Gasteiger partial charge >= 0.3 is 0 Å². The maximum absolute atomic E-state index is 11.7. The molecule has 1 aromatic carbocycles. The number of hydrogen-bond donors (Lipinski definition) is 2. The highest BCUT2D eigenvalue weighted by Crippen LogP contribution is 2.22. The van der Waals surface area contributed by atoms with Crippen LogP contribution in [0.15, 0.2) is 24.3 Å². The number of methoxy groups -OCH3 is 1. The first-order valence-corrected chi connectivity index (χ1v) is 4.95. The fourth-order valence-corrected chi connectivity index (χ4v) is 1.34. The quantitative estimate of drug-likeness (QED) is 0.796. The molecule has 7 heteroatoms. The number of nitrogens with one attached hydrogen (secondary N) is 2. The first-order valence-electron chi connectivity index (χ1n) is 4.95. The van der Waals surface area contributed by atoms with Crippen molar-refractivity contribution in [1.29, 1.82) is 0 Å². The fourth-order valence-electron chi connectivity index (χ4n) is 1.34. The van der Waals surface area contributed by atoms with E-state index >= 15 is 0 Å². The van der Waals surface area contributed by atoms with Gasteiger partial charge in [0, 0.05) is 0 Å². The highest BCUT2D eigenvalue weighted by Gasteiger charge is 2.09. The number of tetrazole rings is 1. The average Bonchev–Trinajstić information content (AvgIpc) is 2.82. The third kappa shape index (κ3) is 2.77. The predicted molar refractivity (Wildman–Crippen MR) is 59.5 cm³/mol. The van der Waals surface area contributed by atoms with Gasteiger partial charge in [-0.2, -0.15) is 5.21 Å². The number of anilines is 1. The van der Waals surface area contributed by atoms with Gasteiger partial charge < -0.3 is 10.1 Å². The van der Waals surface area contributed by atoms with E-state index in [-0.39, 0.29) is 12.3 Å². The van der Waals surface area contributed by atoms with Crippen LogP contribution in [0.1, 0.15) is 5.82 Å². The maximum Gasteiger partial charge on any atom is 0.232 e. The summed E-state index contributed by atoms with van der Waals surface area (Å²) < 4.78 is 5.12. The Hall–Kier alpha value is -2.44. The number of ether oxygens (including phenoxy) is 1. The van der Waals surface area contributed by atoms with Crippen LogP contribution in [-0.4, -0.2) is 33.6 Å². The molecule has 1 aromatic heterocycles. The van der Waals surface area contributed by atoms with Gasteiger partial charge in [0.1, 0.15) is 5.75 Å². The van der Waals surface area contributed by atoms with Crippen LogP contribution in [0, 0.1) is 0 Å².